The summed E-state index contributed by atoms with van der Waals surface area (Å²) in [7, 11) is 0. The summed E-state index contributed by atoms with van der Waals surface area (Å²) in [6.07, 6.45) is 0. The summed E-state index contributed by atoms with van der Waals surface area (Å²) in [6, 6.07) is 6.31. The van der Waals surface area contributed by atoms with Crippen molar-refractivity contribution in [3.63, 3.8) is 0 Å². The highest BCUT2D eigenvalue weighted by atomic mass is 16.6. The van der Waals surface area contributed by atoms with E-state index in [1.165, 1.54) is 0 Å². The highest BCUT2D eigenvalue weighted by molar-refractivity contribution is 6.03. The standard InChI is InChI=1S/C12H14N2O2/c1-8-7-13-12(14-8)9-3-2-4-10-11(9)16-6-5-15-10/h2-4,8H,5-7H2,1H3,(H,13,14). The van der Waals surface area contributed by atoms with Gasteiger partial charge in [0.15, 0.2) is 11.5 Å². The Morgan fingerprint density at radius 1 is 1.31 bits per heavy atom. The van der Waals surface area contributed by atoms with Gasteiger partial charge in [-0.2, -0.15) is 0 Å². The van der Waals surface area contributed by atoms with Crippen molar-refractivity contribution in [3.05, 3.63) is 23.8 Å². The fraction of sp³-hybridized carbons (Fsp3) is 0.417. The maximum atomic E-state index is 5.66. The lowest BCUT2D eigenvalue weighted by atomic mass is 10.1. The van der Waals surface area contributed by atoms with E-state index in [1.54, 1.807) is 0 Å². The Morgan fingerprint density at radius 2 is 2.19 bits per heavy atom. The van der Waals surface area contributed by atoms with Gasteiger partial charge in [0.05, 0.1) is 12.1 Å². The summed E-state index contributed by atoms with van der Waals surface area (Å²) in [5, 5.41) is 3.33. The highest BCUT2D eigenvalue weighted by Crippen LogP contribution is 2.34. The third-order valence-electron chi connectivity index (χ3n) is 2.73. The zero-order valence-electron chi connectivity index (χ0n) is 9.19. The highest BCUT2D eigenvalue weighted by Gasteiger charge is 2.22. The van der Waals surface area contributed by atoms with Crippen LogP contribution in [0.3, 0.4) is 0 Å². The van der Waals surface area contributed by atoms with Crippen molar-refractivity contribution >= 4 is 5.84 Å². The van der Waals surface area contributed by atoms with Gasteiger partial charge in [-0.25, -0.2) is 0 Å². The van der Waals surface area contributed by atoms with Gasteiger partial charge in [-0.1, -0.05) is 6.07 Å². The molecule has 3 rings (SSSR count). The fourth-order valence-electron chi connectivity index (χ4n) is 1.98. The number of para-hydroxylation sites is 1. The predicted octanol–water partition coefficient (Wildman–Crippen LogP) is 1.20. The van der Waals surface area contributed by atoms with E-state index in [2.05, 4.69) is 17.2 Å². The Balaban J connectivity index is 2.01. The summed E-state index contributed by atoms with van der Waals surface area (Å²) in [5.41, 5.74) is 1.00. The smallest absolute Gasteiger partial charge is 0.172 e. The van der Waals surface area contributed by atoms with Crippen LogP contribution < -0.4 is 14.8 Å². The molecule has 2 heterocycles. The number of amidine groups is 1. The molecule has 0 aliphatic carbocycles. The van der Waals surface area contributed by atoms with Crippen LogP contribution in [0.2, 0.25) is 0 Å². The van der Waals surface area contributed by atoms with Crippen molar-refractivity contribution in [3.8, 4) is 11.5 Å². The maximum absolute atomic E-state index is 5.66. The van der Waals surface area contributed by atoms with Gasteiger partial charge in [0.2, 0.25) is 0 Å². The Bertz CT molecular complexity index is 443. The molecule has 1 unspecified atom stereocenters. The second-order valence-electron chi connectivity index (χ2n) is 4.06. The molecule has 2 aliphatic heterocycles. The minimum atomic E-state index is 0.398. The molecular weight excluding hydrogens is 204 g/mol. The lowest BCUT2D eigenvalue weighted by Gasteiger charge is -2.21. The number of benzene rings is 1. The molecule has 0 amide bonds. The van der Waals surface area contributed by atoms with Crippen LogP contribution in [0.5, 0.6) is 11.5 Å². The van der Waals surface area contributed by atoms with Crippen LogP contribution in [0.15, 0.2) is 23.2 Å². The molecule has 0 bridgehead atoms. The average Bonchev–Trinajstić information content (AvgIpc) is 2.75. The zero-order valence-corrected chi connectivity index (χ0v) is 9.19. The van der Waals surface area contributed by atoms with E-state index < -0.39 is 0 Å². The Morgan fingerprint density at radius 3 is 3.00 bits per heavy atom. The Labute approximate surface area is 94.3 Å². The molecule has 1 N–H and O–H groups in total. The molecule has 0 fully saturated rings. The van der Waals surface area contributed by atoms with E-state index in [4.69, 9.17) is 9.47 Å². The van der Waals surface area contributed by atoms with Gasteiger partial charge in [-0.3, -0.25) is 4.99 Å². The van der Waals surface area contributed by atoms with Crippen LogP contribution in [0, 0.1) is 0 Å². The summed E-state index contributed by atoms with van der Waals surface area (Å²) in [6.45, 7) is 4.16. The van der Waals surface area contributed by atoms with Crippen molar-refractivity contribution in [2.24, 2.45) is 4.99 Å². The molecule has 4 nitrogen and oxygen atoms in total. The molecule has 1 aromatic rings. The van der Waals surface area contributed by atoms with E-state index in [9.17, 15) is 0 Å². The molecule has 4 heteroatoms. The number of aliphatic imine (C=N–C) groups is 1. The first kappa shape index (κ1) is 9.51. The number of ether oxygens (including phenoxy) is 2. The normalized spacial score (nSPS) is 22.6. The molecule has 0 spiro atoms. The lowest BCUT2D eigenvalue weighted by molar-refractivity contribution is 0.171. The molecule has 0 saturated carbocycles. The van der Waals surface area contributed by atoms with E-state index in [0.29, 0.717) is 19.3 Å². The number of fused-ring (bicyclic) bond motifs is 1. The summed E-state index contributed by atoms with van der Waals surface area (Å²) in [4.78, 5) is 4.47. The van der Waals surface area contributed by atoms with Crippen LogP contribution in [-0.2, 0) is 0 Å². The quantitative estimate of drug-likeness (QED) is 0.770. The number of hydrogen-bond acceptors (Lipinski definition) is 4. The van der Waals surface area contributed by atoms with Crippen molar-refractivity contribution in [2.75, 3.05) is 19.8 Å². The maximum Gasteiger partial charge on any atom is 0.172 e. The number of nitrogens with one attached hydrogen (secondary N) is 1. The molecule has 0 saturated heterocycles. The van der Waals surface area contributed by atoms with Crippen molar-refractivity contribution in [1.29, 1.82) is 0 Å². The SMILES string of the molecule is CC1CN=C(c2cccc3c2OCCO3)N1. The molecule has 1 atom stereocenters. The Kier molecular flexibility index (Phi) is 2.20. The van der Waals surface area contributed by atoms with Crippen LogP contribution in [-0.4, -0.2) is 31.6 Å². The molecule has 2 aliphatic rings. The van der Waals surface area contributed by atoms with Crippen LogP contribution in [0.4, 0.5) is 0 Å². The summed E-state index contributed by atoms with van der Waals surface area (Å²) >= 11 is 0. The molecule has 1 aromatic carbocycles. The first-order valence-corrected chi connectivity index (χ1v) is 5.54. The molecule has 0 aromatic heterocycles. The van der Waals surface area contributed by atoms with Gasteiger partial charge < -0.3 is 14.8 Å². The van der Waals surface area contributed by atoms with E-state index in [1.807, 2.05) is 18.2 Å². The first-order chi connectivity index (χ1) is 7.84. The van der Waals surface area contributed by atoms with Crippen LogP contribution in [0.25, 0.3) is 0 Å². The largest absolute Gasteiger partial charge is 0.486 e. The average molecular weight is 218 g/mol. The first-order valence-electron chi connectivity index (χ1n) is 5.54. The minimum absolute atomic E-state index is 0.398. The van der Waals surface area contributed by atoms with Gasteiger partial charge in [0.25, 0.3) is 0 Å². The zero-order chi connectivity index (χ0) is 11.0. The number of hydrogen-bond donors (Lipinski definition) is 1. The van der Waals surface area contributed by atoms with Crippen LogP contribution >= 0.6 is 0 Å². The number of rotatable bonds is 1. The van der Waals surface area contributed by atoms with Crippen molar-refractivity contribution in [1.82, 2.24) is 5.32 Å². The minimum Gasteiger partial charge on any atom is -0.486 e. The topological polar surface area (TPSA) is 42.9 Å². The summed E-state index contributed by atoms with van der Waals surface area (Å²) < 4.78 is 11.2. The van der Waals surface area contributed by atoms with Crippen molar-refractivity contribution < 1.29 is 9.47 Å². The molecule has 0 radical (unpaired) electrons. The Hall–Kier alpha value is -1.71. The van der Waals surface area contributed by atoms with E-state index in [-0.39, 0.29) is 0 Å². The summed E-state index contributed by atoms with van der Waals surface area (Å²) in [5.74, 6) is 2.54. The van der Waals surface area contributed by atoms with Gasteiger partial charge >= 0.3 is 0 Å². The second kappa shape index (κ2) is 3.70. The molecular formula is C12H14N2O2. The van der Waals surface area contributed by atoms with Gasteiger partial charge in [0.1, 0.15) is 19.0 Å². The third-order valence-corrected chi connectivity index (χ3v) is 2.73. The van der Waals surface area contributed by atoms with Gasteiger partial charge in [-0.15, -0.1) is 0 Å². The van der Waals surface area contributed by atoms with Crippen molar-refractivity contribution in [2.45, 2.75) is 13.0 Å². The second-order valence-corrected chi connectivity index (χ2v) is 4.06. The van der Waals surface area contributed by atoms with Crippen LogP contribution in [0.1, 0.15) is 12.5 Å². The fourth-order valence-corrected chi connectivity index (χ4v) is 1.98. The monoisotopic (exact) mass is 218 g/mol. The predicted molar refractivity (Wildman–Crippen MR) is 61.4 cm³/mol. The number of nitrogens with zero attached hydrogens (tertiary/aromatic N) is 1. The van der Waals surface area contributed by atoms with E-state index >= 15 is 0 Å². The third kappa shape index (κ3) is 1.50. The lowest BCUT2D eigenvalue weighted by Crippen LogP contribution is -2.28. The molecule has 16 heavy (non-hydrogen) atoms. The van der Waals surface area contributed by atoms with E-state index in [0.717, 1.165) is 29.4 Å². The van der Waals surface area contributed by atoms with Gasteiger partial charge in [0, 0.05) is 6.04 Å². The van der Waals surface area contributed by atoms with Gasteiger partial charge in [-0.05, 0) is 19.1 Å². The molecule has 84 valence electrons.